The fourth-order valence-corrected chi connectivity index (χ4v) is 1.21. The van der Waals surface area contributed by atoms with Crippen LogP contribution in [-0.4, -0.2) is 31.8 Å². The maximum atomic E-state index is 9.04. The lowest BCUT2D eigenvalue weighted by atomic mass is 10.3. The Hall–Kier alpha value is -0.940. The number of nitrogens with zero attached hydrogens (tertiary/aromatic N) is 3. The second-order valence-corrected chi connectivity index (χ2v) is 3.20. The zero-order valence-corrected chi connectivity index (χ0v) is 6.64. The Bertz CT molecular complexity index is 280. The number of hydrogen-bond acceptors (Lipinski definition) is 4. The molecule has 1 aliphatic rings. The van der Waals surface area contributed by atoms with Crippen LogP contribution in [-0.2, 0) is 12.1 Å². The Labute approximate surface area is 69.6 Å². The largest absolute Gasteiger partial charge is 0.394 e. The highest BCUT2D eigenvalue weighted by molar-refractivity contribution is 5.02. The topological polar surface area (TPSA) is 71.2 Å². The summed E-state index contributed by atoms with van der Waals surface area (Å²) < 4.78 is 1.65. The first-order valence-corrected chi connectivity index (χ1v) is 3.94. The first-order chi connectivity index (χ1) is 5.80. The molecule has 1 aromatic rings. The van der Waals surface area contributed by atoms with Crippen LogP contribution >= 0.6 is 0 Å². The van der Waals surface area contributed by atoms with Crippen LogP contribution in [0.4, 0.5) is 0 Å². The van der Waals surface area contributed by atoms with Gasteiger partial charge in [-0.3, -0.25) is 0 Å². The van der Waals surface area contributed by atoms with E-state index < -0.39 is 0 Å². The highest BCUT2D eigenvalue weighted by Gasteiger charge is 2.45. The van der Waals surface area contributed by atoms with Gasteiger partial charge in [-0.2, -0.15) is 0 Å². The lowest BCUT2D eigenvalue weighted by molar-refractivity contribution is 0.200. The van der Waals surface area contributed by atoms with Gasteiger partial charge in [0, 0.05) is 0 Å². The van der Waals surface area contributed by atoms with E-state index in [1.54, 1.807) is 10.9 Å². The van der Waals surface area contributed by atoms with Gasteiger partial charge in [0.05, 0.1) is 24.9 Å². The molecule has 0 unspecified atom stereocenters. The van der Waals surface area contributed by atoms with Crippen molar-refractivity contribution in [2.45, 2.75) is 25.0 Å². The molecule has 0 bridgehead atoms. The van der Waals surface area contributed by atoms with Gasteiger partial charge in [-0.1, -0.05) is 5.21 Å². The molecule has 5 nitrogen and oxygen atoms in total. The Morgan fingerprint density at radius 3 is 2.67 bits per heavy atom. The van der Waals surface area contributed by atoms with E-state index in [0.717, 1.165) is 12.8 Å². The monoisotopic (exact) mass is 169 g/mol. The van der Waals surface area contributed by atoms with Gasteiger partial charge in [0.15, 0.2) is 0 Å². The third-order valence-electron chi connectivity index (χ3n) is 2.31. The molecular formula is C7H11N3O2. The molecule has 1 heterocycles. The van der Waals surface area contributed by atoms with Gasteiger partial charge < -0.3 is 10.2 Å². The molecule has 0 radical (unpaired) electrons. The van der Waals surface area contributed by atoms with E-state index >= 15 is 0 Å². The average molecular weight is 169 g/mol. The van der Waals surface area contributed by atoms with Gasteiger partial charge >= 0.3 is 0 Å². The summed E-state index contributed by atoms with van der Waals surface area (Å²) in [5, 5.41) is 25.4. The molecule has 2 N–H and O–H groups in total. The van der Waals surface area contributed by atoms with Crippen LogP contribution in [0.5, 0.6) is 0 Å². The van der Waals surface area contributed by atoms with Crippen LogP contribution in [0.2, 0.25) is 0 Å². The number of aliphatic hydroxyl groups excluding tert-OH is 2. The molecule has 0 amide bonds. The van der Waals surface area contributed by atoms with Gasteiger partial charge in [0.1, 0.15) is 5.69 Å². The fourth-order valence-electron chi connectivity index (χ4n) is 1.21. The summed E-state index contributed by atoms with van der Waals surface area (Å²) in [5.74, 6) is 0. The quantitative estimate of drug-likeness (QED) is 0.624. The van der Waals surface area contributed by atoms with Crippen molar-refractivity contribution in [2.24, 2.45) is 0 Å². The third kappa shape index (κ3) is 1.02. The lowest BCUT2D eigenvalue weighted by Gasteiger charge is -2.09. The van der Waals surface area contributed by atoms with Gasteiger partial charge in [-0.05, 0) is 12.8 Å². The summed E-state index contributed by atoms with van der Waals surface area (Å²) in [7, 11) is 0. The van der Waals surface area contributed by atoms with Crippen LogP contribution < -0.4 is 0 Å². The molecule has 2 rings (SSSR count). The normalized spacial score (nSPS) is 19.5. The van der Waals surface area contributed by atoms with E-state index in [4.69, 9.17) is 10.2 Å². The van der Waals surface area contributed by atoms with Crippen LogP contribution in [0.3, 0.4) is 0 Å². The molecule has 0 spiro atoms. The molecule has 5 heteroatoms. The van der Waals surface area contributed by atoms with Crippen molar-refractivity contribution >= 4 is 0 Å². The highest BCUT2D eigenvalue weighted by atomic mass is 16.3. The van der Waals surface area contributed by atoms with E-state index in [2.05, 4.69) is 10.3 Å². The first-order valence-electron chi connectivity index (χ1n) is 3.94. The predicted molar refractivity (Wildman–Crippen MR) is 40.2 cm³/mol. The molecule has 0 aromatic carbocycles. The molecule has 1 fully saturated rings. The van der Waals surface area contributed by atoms with Crippen molar-refractivity contribution in [2.75, 3.05) is 6.61 Å². The first kappa shape index (κ1) is 7.70. The Morgan fingerprint density at radius 1 is 1.50 bits per heavy atom. The van der Waals surface area contributed by atoms with Crippen molar-refractivity contribution in [3.63, 3.8) is 0 Å². The van der Waals surface area contributed by atoms with Gasteiger partial charge in [-0.25, -0.2) is 4.68 Å². The SMILES string of the molecule is OCc1cn(C2(CO)CC2)nn1. The fraction of sp³-hybridized carbons (Fsp3) is 0.714. The molecule has 0 atom stereocenters. The van der Waals surface area contributed by atoms with Crippen LogP contribution in [0.15, 0.2) is 6.20 Å². The highest BCUT2D eigenvalue weighted by Crippen LogP contribution is 2.42. The smallest absolute Gasteiger partial charge is 0.108 e. The summed E-state index contributed by atoms with van der Waals surface area (Å²) in [4.78, 5) is 0. The van der Waals surface area contributed by atoms with Crippen LogP contribution in [0.1, 0.15) is 18.5 Å². The second-order valence-electron chi connectivity index (χ2n) is 3.20. The Morgan fingerprint density at radius 2 is 2.25 bits per heavy atom. The summed E-state index contributed by atoms with van der Waals surface area (Å²) in [6.07, 6.45) is 3.57. The van der Waals surface area contributed by atoms with Crippen molar-refractivity contribution in [1.29, 1.82) is 0 Å². The zero-order valence-electron chi connectivity index (χ0n) is 6.64. The molecule has 0 saturated heterocycles. The third-order valence-corrected chi connectivity index (χ3v) is 2.31. The van der Waals surface area contributed by atoms with Gasteiger partial charge in [0.25, 0.3) is 0 Å². The number of aromatic nitrogens is 3. The van der Waals surface area contributed by atoms with Crippen molar-refractivity contribution < 1.29 is 10.2 Å². The van der Waals surface area contributed by atoms with E-state index in [1.807, 2.05) is 0 Å². The minimum absolute atomic E-state index is 0.0957. The Balaban J connectivity index is 2.23. The molecule has 1 aliphatic carbocycles. The van der Waals surface area contributed by atoms with E-state index in [1.165, 1.54) is 0 Å². The molecule has 12 heavy (non-hydrogen) atoms. The minimum Gasteiger partial charge on any atom is -0.394 e. The molecule has 66 valence electrons. The zero-order chi connectivity index (χ0) is 8.60. The van der Waals surface area contributed by atoms with Crippen molar-refractivity contribution in [1.82, 2.24) is 15.0 Å². The summed E-state index contributed by atoms with van der Waals surface area (Å²) in [6.45, 7) is 0.00272. The standard InChI is InChI=1S/C7H11N3O2/c11-4-6-3-10(9-8-6)7(5-12)1-2-7/h3,11-12H,1-2,4-5H2. The van der Waals surface area contributed by atoms with Gasteiger partial charge in [0.2, 0.25) is 0 Å². The van der Waals surface area contributed by atoms with Crippen molar-refractivity contribution in [3.8, 4) is 0 Å². The summed E-state index contributed by atoms with van der Waals surface area (Å²) in [5.41, 5.74) is 0.343. The average Bonchev–Trinajstić information content (AvgIpc) is 2.77. The van der Waals surface area contributed by atoms with E-state index in [-0.39, 0.29) is 18.8 Å². The maximum Gasteiger partial charge on any atom is 0.108 e. The molecule has 0 aliphatic heterocycles. The van der Waals surface area contributed by atoms with Crippen LogP contribution in [0, 0.1) is 0 Å². The lowest BCUT2D eigenvalue weighted by Crippen LogP contribution is -2.21. The van der Waals surface area contributed by atoms with Crippen molar-refractivity contribution in [3.05, 3.63) is 11.9 Å². The summed E-state index contributed by atoms with van der Waals surface area (Å²) >= 11 is 0. The number of aliphatic hydroxyl groups is 2. The molecule has 1 saturated carbocycles. The predicted octanol–water partition coefficient (Wildman–Crippen LogP) is -0.748. The van der Waals surface area contributed by atoms with Gasteiger partial charge in [-0.15, -0.1) is 5.10 Å². The maximum absolute atomic E-state index is 9.04. The molecular weight excluding hydrogens is 158 g/mol. The summed E-state index contributed by atoms with van der Waals surface area (Å²) in [6, 6.07) is 0. The minimum atomic E-state index is -0.208. The second kappa shape index (κ2) is 2.53. The van der Waals surface area contributed by atoms with E-state index in [0.29, 0.717) is 5.69 Å². The van der Waals surface area contributed by atoms with E-state index in [9.17, 15) is 0 Å². The van der Waals surface area contributed by atoms with Crippen LogP contribution in [0.25, 0.3) is 0 Å². The number of rotatable bonds is 3. The Kier molecular flexibility index (Phi) is 1.62. The number of hydrogen-bond donors (Lipinski definition) is 2. The molecule has 1 aromatic heterocycles.